The number of hydrogen-bond donors (Lipinski definition) is 1. The summed E-state index contributed by atoms with van der Waals surface area (Å²) in [6.45, 7) is 7.03. The smallest absolute Gasteiger partial charge is 0.106 e. The molecule has 0 aliphatic carbocycles. The second kappa shape index (κ2) is 5.91. The highest BCUT2D eigenvalue weighted by molar-refractivity contribution is 9.10. The number of aryl methyl sites for hydroxylation is 2. The van der Waals surface area contributed by atoms with Crippen LogP contribution in [0.4, 0.5) is 0 Å². The molecule has 18 heavy (non-hydrogen) atoms. The fourth-order valence-electron chi connectivity index (χ4n) is 1.85. The van der Waals surface area contributed by atoms with Crippen molar-refractivity contribution in [3.05, 3.63) is 44.1 Å². The van der Waals surface area contributed by atoms with Gasteiger partial charge in [0.15, 0.2) is 0 Å². The van der Waals surface area contributed by atoms with Gasteiger partial charge in [-0.3, -0.25) is 0 Å². The normalized spacial score (nSPS) is 12.7. The number of rotatable bonds is 4. The van der Waals surface area contributed by atoms with Crippen LogP contribution in [0.5, 0.6) is 0 Å². The lowest BCUT2D eigenvalue weighted by atomic mass is 10.2. The van der Waals surface area contributed by atoms with Crippen LogP contribution in [-0.2, 0) is 6.54 Å². The minimum atomic E-state index is 0.303. The van der Waals surface area contributed by atoms with Gasteiger partial charge in [-0.15, -0.1) is 11.3 Å². The Hall–Kier alpha value is -0.780. The van der Waals surface area contributed by atoms with Crippen LogP contribution in [0.1, 0.15) is 34.2 Å². The summed E-state index contributed by atoms with van der Waals surface area (Å²) >= 11 is 5.14. The van der Waals surface area contributed by atoms with Gasteiger partial charge in [-0.05, 0) is 48.8 Å². The maximum atomic E-state index is 4.46. The fourth-order valence-corrected chi connectivity index (χ4v) is 3.18. The minimum absolute atomic E-state index is 0.303. The summed E-state index contributed by atoms with van der Waals surface area (Å²) in [4.78, 5) is 10.2. The Kier molecular flexibility index (Phi) is 4.48. The monoisotopic (exact) mass is 325 g/mol. The molecule has 96 valence electrons. The van der Waals surface area contributed by atoms with Gasteiger partial charge >= 0.3 is 0 Å². The lowest BCUT2D eigenvalue weighted by molar-refractivity contribution is 0.572. The SMILES string of the molecule is Cc1nc(C)c(C(C)NCc2cccc(Br)n2)s1. The molecule has 2 aromatic rings. The van der Waals surface area contributed by atoms with Crippen molar-refractivity contribution in [2.24, 2.45) is 0 Å². The van der Waals surface area contributed by atoms with Crippen LogP contribution in [0, 0.1) is 13.8 Å². The molecule has 2 rings (SSSR count). The summed E-state index contributed by atoms with van der Waals surface area (Å²) in [6, 6.07) is 6.26. The molecule has 0 radical (unpaired) electrons. The summed E-state index contributed by atoms with van der Waals surface area (Å²) in [7, 11) is 0. The van der Waals surface area contributed by atoms with Crippen LogP contribution < -0.4 is 5.32 Å². The molecule has 0 aliphatic heterocycles. The summed E-state index contributed by atoms with van der Waals surface area (Å²) in [5, 5.41) is 4.61. The van der Waals surface area contributed by atoms with E-state index in [0.717, 1.165) is 27.5 Å². The van der Waals surface area contributed by atoms with Crippen LogP contribution in [0.15, 0.2) is 22.8 Å². The molecule has 2 aromatic heterocycles. The lowest BCUT2D eigenvalue weighted by Gasteiger charge is -2.12. The van der Waals surface area contributed by atoms with Gasteiger partial charge in [0.05, 0.1) is 16.4 Å². The summed E-state index contributed by atoms with van der Waals surface area (Å²) < 4.78 is 0.874. The number of hydrogen-bond acceptors (Lipinski definition) is 4. The molecule has 3 nitrogen and oxygen atoms in total. The van der Waals surface area contributed by atoms with Crippen LogP contribution in [0.25, 0.3) is 0 Å². The molecule has 5 heteroatoms. The predicted octanol–water partition coefficient (Wildman–Crippen LogP) is 3.77. The van der Waals surface area contributed by atoms with Gasteiger partial charge in [-0.2, -0.15) is 0 Å². The quantitative estimate of drug-likeness (QED) is 0.869. The van der Waals surface area contributed by atoms with Crippen molar-refractivity contribution in [1.29, 1.82) is 0 Å². The standard InChI is InChI=1S/C13H16BrN3S/c1-8(13-9(2)16-10(3)18-13)15-7-11-5-4-6-12(14)17-11/h4-6,8,15H,7H2,1-3H3. The molecule has 0 spiro atoms. The van der Waals surface area contributed by atoms with E-state index in [1.807, 2.05) is 25.1 Å². The van der Waals surface area contributed by atoms with Crippen LogP contribution in [0.3, 0.4) is 0 Å². The van der Waals surface area contributed by atoms with E-state index in [9.17, 15) is 0 Å². The van der Waals surface area contributed by atoms with Crippen molar-refractivity contribution in [3.63, 3.8) is 0 Å². The number of nitrogens with zero attached hydrogens (tertiary/aromatic N) is 2. The zero-order valence-electron chi connectivity index (χ0n) is 10.7. The van der Waals surface area contributed by atoms with E-state index < -0.39 is 0 Å². The molecule has 2 heterocycles. The first-order valence-electron chi connectivity index (χ1n) is 5.85. The van der Waals surface area contributed by atoms with Gasteiger partial charge in [0.25, 0.3) is 0 Å². The molecule has 0 bridgehead atoms. The number of nitrogens with one attached hydrogen (secondary N) is 1. The summed E-state index contributed by atoms with van der Waals surface area (Å²) in [5.41, 5.74) is 2.16. The van der Waals surface area contributed by atoms with Gasteiger partial charge in [-0.25, -0.2) is 9.97 Å². The highest BCUT2D eigenvalue weighted by Crippen LogP contribution is 2.24. The van der Waals surface area contributed by atoms with Gasteiger partial charge in [0, 0.05) is 17.5 Å². The Labute approximate surface area is 120 Å². The van der Waals surface area contributed by atoms with E-state index in [1.165, 1.54) is 4.88 Å². The van der Waals surface area contributed by atoms with Crippen molar-refractivity contribution in [3.8, 4) is 0 Å². The van der Waals surface area contributed by atoms with Gasteiger partial charge < -0.3 is 5.32 Å². The Morgan fingerprint density at radius 1 is 1.33 bits per heavy atom. The van der Waals surface area contributed by atoms with Crippen molar-refractivity contribution < 1.29 is 0 Å². The number of thiazole rings is 1. The predicted molar refractivity (Wildman–Crippen MR) is 78.8 cm³/mol. The molecular formula is C13H16BrN3S. The van der Waals surface area contributed by atoms with Gasteiger partial charge in [-0.1, -0.05) is 6.07 Å². The van der Waals surface area contributed by atoms with Crippen molar-refractivity contribution in [1.82, 2.24) is 15.3 Å². The summed E-state index contributed by atoms with van der Waals surface area (Å²) in [6.07, 6.45) is 0. The molecule has 0 amide bonds. The van der Waals surface area contributed by atoms with Crippen LogP contribution >= 0.6 is 27.3 Å². The molecule has 0 aliphatic rings. The number of pyridine rings is 1. The van der Waals surface area contributed by atoms with E-state index in [1.54, 1.807) is 11.3 Å². The fraction of sp³-hybridized carbons (Fsp3) is 0.385. The third-order valence-electron chi connectivity index (χ3n) is 2.69. The third kappa shape index (κ3) is 3.37. The van der Waals surface area contributed by atoms with Crippen molar-refractivity contribution in [2.45, 2.75) is 33.4 Å². The molecule has 1 N–H and O–H groups in total. The van der Waals surface area contributed by atoms with Crippen LogP contribution in [-0.4, -0.2) is 9.97 Å². The minimum Gasteiger partial charge on any atom is -0.304 e. The highest BCUT2D eigenvalue weighted by atomic mass is 79.9. The molecule has 0 aromatic carbocycles. The molecule has 0 fully saturated rings. The van der Waals surface area contributed by atoms with E-state index >= 15 is 0 Å². The van der Waals surface area contributed by atoms with E-state index in [4.69, 9.17) is 0 Å². The second-order valence-corrected chi connectivity index (χ2v) is 6.28. The molecule has 1 unspecified atom stereocenters. The maximum Gasteiger partial charge on any atom is 0.106 e. The van der Waals surface area contributed by atoms with Gasteiger partial charge in [0.2, 0.25) is 0 Å². The molecule has 0 saturated heterocycles. The third-order valence-corrected chi connectivity index (χ3v) is 4.39. The molecule has 1 atom stereocenters. The molecular weight excluding hydrogens is 310 g/mol. The first kappa shape index (κ1) is 13.6. The Balaban J connectivity index is 2.00. The summed E-state index contributed by atoms with van der Waals surface area (Å²) in [5.74, 6) is 0. The first-order valence-corrected chi connectivity index (χ1v) is 7.46. The van der Waals surface area contributed by atoms with Gasteiger partial charge in [0.1, 0.15) is 4.60 Å². The zero-order valence-corrected chi connectivity index (χ0v) is 13.1. The molecule has 0 saturated carbocycles. The van der Waals surface area contributed by atoms with Crippen molar-refractivity contribution >= 4 is 27.3 Å². The number of halogens is 1. The van der Waals surface area contributed by atoms with E-state index in [2.05, 4.69) is 45.1 Å². The zero-order chi connectivity index (χ0) is 13.1. The van der Waals surface area contributed by atoms with Crippen molar-refractivity contribution in [2.75, 3.05) is 0 Å². The average molecular weight is 326 g/mol. The highest BCUT2D eigenvalue weighted by Gasteiger charge is 2.12. The average Bonchev–Trinajstić information content (AvgIpc) is 2.66. The van der Waals surface area contributed by atoms with E-state index in [-0.39, 0.29) is 0 Å². The second-order valence-electron chi connectivity index (χ2n) is 4.24. The largest absolute Gasteiger partial charge is 0.304 e. The van der Waals surface area contributed by atoms with E-state index in [0.29, 0.717) is 6.04 Å². The Morgan fingerprint density at radius 2 is 2.11 bits per heavy atom. The maximum absolute atomic E-state index is 4.46. The Bertz CT molecular complexity index is 539. The van der Waals surface area contributed by atoms with Crippen LogP contribution in [0.2, 0.25) is 0 Å². The lowest BCUT2D eigenvalue weighted by Crippen LogP contribution is -2.18. The topological polar surface area (TPSA) is 37.8 Å². The Morgan fingerprint density at radius 3 is 2.72 bits per heavy atom. The first-order chi connectivity index (χ1) is 8.56. The number of aromatic nitrogens is 2.